The number of rotatable bonds is 6. The van der Waals surface area contributed by atoms with Gasteiger partial charge in [-0.2, -0.15) is 0 Å². The van der Waals surface area contributed by atoms with Crippen LogP contribution in [0.2, 0.25) is 4.34 Å². The zero-order chi connectivity index (χ0) is 15.1. The van der Waals surface area contributed by atoms with Gasteiger partial charge in [-0.25, -0.2) is 4.79 Å². The van der Waals surface area contributed by atoms with Gasteiger partial charge in [0.05, 0.1) is 10.9 Å². The molecule has 0 aliphatic heterocycles. The van der Waals surface area contributed by atoms with Crippen LogP contribution in [-0.4, -0.2) is 24.0 Å². The lowest BCUT2D eigenvalue weighted by molar-refractivity contribution is -0.123. The van der Waals surface area contributed by atoms with Crippen molar-refractivity contribution in [2.24, 2.45) is 0 Å². The van der Waals surface area contributed by atoms with Crippen LogP contribution >= 0.6 is 22.9 Å². The number of hydrogen-bond donors (Lipinski definition) is 3. The molecule has 0 spiro atoms. The minimum atomic E-state index is -0.573. The number of carbonyl (C=O) groups excluding carboxylic acids is 2. The smallest absolute Gasteiger partial charge is 0.315 e. The average Bonchev–Trinajstić information content (AvgIpc) is 2.81. The monoisotopic (exact) mass is 317 g/mol. The molecule has 3 N–H and O–H groups in total. The Morgan fingerprint density at radius 3 is 2.55 bits per heavy atom. The topological polar surface area (TPSA) is 70.2 Å². The minimum Gasteiger partial charge on any atom is -0.352 e. The lowest BCUT2D eigenvalue weighted by atomic mass is 10.2. The number of carbonyl (C=O) groups is 2. The van der Waals surface area contributed by atoms with E-state index in [9.17, 15) is 9.59 Å². The SMILES string of the molecule is CCC(C)NC(=O)C(C)NC(=O)NCc1ccc(Cl)s1. The van der Waals surface area contributed by atoms with E-state index in [2.05, 4.69) is 16.0 Å². The van der Waals surface area contributed by atoms with E-state index in [0.717, 1.165) is 11.3 Å². The number of thiophene rings is 1. The first-order valence-electron chi connectivity index (χ1n) is 6.51. The summed E-state index contributed by atoms with van der Waals surface area (Å²) in [6, 6.07) is 2.79. The van der Waals surface area contributed by atoms with E-state index >= 15 is 0 Å². The van der Waals surface area contributed by atoms with Gasteiger partial charge < -0.3 is 16.0 Å². The maximum atomic E-state index is 11.8. The largest absolute Gasteiger partial charge is 0.352 e. The molecule has 7 heteroatoms. The quantitative estimate of drug-likeness (QED) is 0.754. The number of hydrogen-bond acceptors (Lipinski definition) is 3. The Morgan fingerprint density at radius 2 is 2.00 bits per heavy atom. The Bertz CT molecular complexity index is 464. The third-order valence-corrected chi connectivity index (χ3v) is 4.03. The maximum absolute atomic E-state index is 11.8. The fraction of sp³-hybridized carbons (Fsp3) is 0.538. The Morgan fingerprint density at radius 1 is 1.30 bits per heavy atom. The van der Waals surface area contributed by atoms with E-state index in [1.807, 2.05) is 19.9 Å². The second kappa shape index (κ2) is 8.11. The van der Waals surface area contributed by atoms with Crippen molar-refractivity contribution < 1.29 is 9.59 Å². The molecule has 0 saturated heterocycles. The first-order valence-corrected chi connectivity index (χ1v) is 7.70. The van der Waals surface area contributed by atoms with Gasteiger partial charge in [0.25, 0.3) is 0 Å². The summed E-state index contributed by atoms with van der Waals surface area (Å²) in [4.78, 5) is 24.4. The first-order chi connectivity index (χ1) is 9.42. The van der Waals surface area contributed by atoms with Crippen molar-refractivity contribution in [2.45, 2.75) is 45.8 Å². The average molecular weight is 318 g/mol. The number of halogens is 1. The molecule has 0 bridgehead atoms. The standard InChI is InChI=1S/C13H20ClN3O2S/c1-4-8(2)16-12(18)9(3)17-13(19)15-7-10-5-6-11(14)20-10/h5-6,8-9H,4,7H2,1-3H3,(H,16,18)(H2,15,17,19). The van der Waals surface area contributed by atoms with Crippen LogP contribution in [0.5, 0.6) is 0 Å². The predicted octanol–water partition coefficient (Wildman–Crippen LogP) is 2.50. The molecule has 1 aromatic rings. The molecule has 3 amide bonds. The highest BCUT2D eigenvalue weighted by Crippen LogP contribution is 2.20. The number of amides is 3. The molecule has 2 unspecified atom stereocenters. The molecule has 2 atom stereocenters. The molecule has 0 saturated carbocycles. The molecule has 5 nitrogen and oxygen atoms in total. The Kier molecular flexibility index (Phi) is 6.81. The minimum absolute atomic E-state index is 0.100. The van der Waals surface area contributed by atoms with Crippen molar-refractivity contribution >= 4 is 34.9 Å². The summed E-state index contributed by atoms with van der Waals surface area (Å²) < 4.78 is 0.684. The maximum Gasteiger partial charge on any atom is 0.315 e. The van der Waals surface area contributed by atoms with Crippen LogP contribution in [-0.2, 0) is 11.3 Å². The van der Waals surface area contributed by atoms with Gasteiger partial charge in [-0.1, -0.05) is 18.5 Å². The molecule has 0 aliphatic carbocycles. The van der Waals surface area contributed by atoms with E-state index in [1.54, 1.807) is 13.0 Å². The molecule has 1 heterocycles. The molecule has 0 fully saturated rings. The van der Waals surface area contributed by atoms with Crippen LogP contribution in [0, 0.1) is 0 Å². The summed E-state index contributed by atoms with van der Waals surface area (Å²) in [5.41, 5.74) is 0. The zero-order valence-electron chi connectivity index (χ0n) is 11.8. The number of urea groups is 1. The summed E-state index contributed by atoms with van der Waals surface area (Å²) in [5.74, 6) is -0.186. The lowest BCUT2D eigenvalue weighted by Gasteiger charge is -2.17. The van der Waals surface area contributed by atoms with Gasteiger partial charge in [-0.3, -0.25) is 4.79 Å². The molecular formula is C13H20ClN3O2S. The molecule has 1 rings (SSSR count). The third kappa shape index (κ3) is 5.79. The fourth-order valence-corrected chi connectivity index (χ4v) is 2.42. The molecule has 1 aromatic heterocycles. The highest BCUT2D eigenvalue weighted by atomic mass is 35.5. The lowest BCUT2D eigenvalue weighted by Crippen LogP contribution is -2.49. The highest BCUT2D eigenvalue weighted by Gasteiger charge is 2.16. The van der Waals surface area contributed by atoms with E-state index in [0.29, 0.717) is 10.9 Å². The van der Waals surface area contributed by atoms with Crippen LogP contribution in [0.3, 0.4) is 0 Å². The fourth-order valence-electron chi connectivity index (χ4n) is 1.40. The predicted molar refractivity (Wildman–Crippen MR) is 82.1 cm³/mol. The van der Waals surface area contributed by atoms with E-state index in [4.69, 9.17) is 11.6 Å². The van der Waals surface area contributed by atoms with Crippen LogP contribution in [0.15, 0.2) is 12.1 Å². The summed E-state index contributed by atoms with van der Waals surface area (Å²) in [6.45, 7) is 5.95. The van der Waals surface area contributed by atoms with Crippen molar-refractivity contribution in [1.82, 2.24) is 16.0 Å². The molecule has 112 valence electrons. The van der Waals surface area contributed by atoms with Crippen LogP contribution in [0.25, 0.3) is 0 Å². The van der Waals surface area contributed by atoms with Crippen molar-refractivity contribution in [3.63, 3.8) is 0 Å². The van der Waals surface area contributed by atoms with Gasteiger partial charge in [0.15, 0.2) is 0 Å². The first kappa shape index (κ1) is 16.8. The summed E-state index contributed by atoms with van der Waals surface area (Å²) in [5, 5.41) is 8.10. The Hall–Kier alpha value is -1.27. The molecular weight excluding hydrogens is 298 g/mol. The van der Waals surface area contributed by atoms with E-state index in [1.165, 1.54) is 11.3 Å². The van der Waals surface area contributed by atoms with Crippen molar-refractivity contribution in [1.29, 1.82) is 0 Å². The van der Waals surface area contributed by atoms with Gasteiger partial charge >= 0.3 is 6.03 Å². The van der Waals surface area contributed by atoms with E-state index in [-0.39, 0.29) is 18.0 Å². The van der Waals surface area contributed by atoms with Gasteiger partial charge in [-0.15, -0.1) is 11.3 Å². The van der Waals surface area contributed by atoms with Crippen molar-refractivity contribution in [3.8, 4) is 0 Å². The zero-order valence-corrected chi connectivity index (χ0v) is 13.4. The molecule has 0 aromatic carbocycles. The Labute approximate surface area is 128 Å². The molecule has 20 heavy (non-hydrogen) atoms. The van der Waals surface area contributed by atoms with Gasteiger partial charge in [0.2, 0.25) is 5.91 Å². The number of nitrogens with one attached hydrogen (secondary N) is 3. The van der Waals surface area contributed by atoms with Crippen LogP contribution in [0.4, 0.5) is 4.79 Å². The molecule has 0 aliphatic rings. The second-order valence-corrected chi connectivity index (χ2v) is 6.37. The molecule has 0 radical (unpaired) electrons. The van der Waals surface area contributed by atoms with Gasteiger partial charge in [-0.05, 0) is 32.4 Å². The van der Waals surface area contributed by atoms with Crippen LogP contribution < -0.4 is 16.0 Å². The normalized spacial score (nSPS) is 13.4. The van der Waals surface area contributed by atoms with Crippen LogP contribution in [0.1, 0.15) is 32.1 Å². The third-order valence-electron chi connectivity index (χ3n) is 2.79. The van der Waals surface area contributed by atoms with Gasteiger partial charge in [0.1, 0.15) is 6.04 Å². The van der Waals surface area contributed by atoms with E-state index < -0.39 is 6.04 Å². The Balaban J connectivity index is 2.32. The highest BCUT2D eigenvalue weighted by molar-refractivity contribution is 7.16. The summed E-state index contributed by atoms with van der Waals surface area (Å²) in [6.07, 6.45) is 0.851. The summed E-state index contributed by atoms with van der Waals surface area (Å²) in [7, 11) is 0. The van der Waals surface area contributed by atoms with Gasteiger partial charge in [0, 0.05) is 10.9 Å². The van der Waals surface area contributed by atoms with Crippen molar-refractivity contribution in [3.05, 3.63) is 21.3 Å². The second-order valence-electron chi connectivity index (χ2n) is 4.57. The van der Waals surface area contributed by atoms with Crippen molar-refractivity contribution in [2.75, 3.05) is 0 Å². The summed E-state index contributed by atoms with van der Waals surface area (Å²) >= 11 is 7.21.